The Balaban J connectivity index is 0.000000891. The van der Waals surface area contributed by atoms with Gasteiger partial charge in [-0.2, -0.15) is 0 Å². The first-order valence-corrected chi connectivity index (χ1v) is 14.7. The van der Waals surface area contributed by atoms with Gasteiger partial charge in [0.25, 0.3) is 0 Å². The Kier molecular flexibility index (Phi) is 12.4. The van der Waals surface area contributed by atoms with Crippen LogP contribution in [0.15, 0.2) is 48.7 Å². The van der Waals surface area contributed by atoms with Gasteiger partial charge in [0.1, 0.15) is 17.7 Å². The lowest BCUT2D eigenvalue weighted by atomic mass is 9.91. The van der Waals surface area contributed by atoms with Crippen molar-refractivity contribution in [3.8, 4) is 35.6 Å². The van der Waals surface area contributed by atoms with Crippen molar-refractivity contribution in [3.63, 3.8) is 0 Å². The summed E-state index contributed by atoms with van der Waals surface area (Å²) < 4.78 is 27.3. The van der Waals surface area contributed by atoms with Crippen LogP contribution in [0.5, 0.6) is 11.6 Å². The van der Waals surface area contributed by atoms with Crippen molar-refractivity contribution >= 4 is 5.97 Å². The molecule has 0 amide bonds. The molecule has 2 aromatic carbocycles. The average molecular weight is 575 g/mol. The molecular weight excluding hydrogens is 531 g/mol. The highest BCUT2D eigenvalue weighted by atomic mass is 19.1. The predicted octanol–water partition coefficient (Wildman–Crippen LogP) is 7.49. The molecule has 224 valence electrons. The number of hydrogen-bond acceptors (Lipinski definition) is 5. The monoisotopic (exact) mass is 574 g/mol. The van der Waals surface area contributed by atoms with Crippen LogP contribution in [0.4, 0.5) is 4.39 Å². The Morgan fingerprint density at radius 1 is 1.14 bits per heavy atom. The van der Waals surface area contributed by atoms with Gasteiger partial charge in [0.2, 0.25) is 5.88 Å². The SMILES string of the molecule is C#C.C1CC1.CCN(CC)Cc1cc(C2CCc3ccc(C[C@H](C)C(=O)O)cc3O2)c(F)cc1-c1ccnc(OC)c1. The molecular formula is C35H43FN2O4. The van der Waals surface area contributed by atoms with E-state index >= 15 is 4.39 Å². The molecule has 1 aliphatic heterocycles. The van der Waals surface area contributed by atoms with Gasteiger partial charge in [-0.1, -0.05) is 52.2 Å². The number of aliphatic carboxylic acids is 1. The smallest absolute Gasteiger partial charge is 0.306 e. The minimum atomic E-state index is -0.828. The van der Waals surface area contributed by atoms with Crippen LogP contribution in [0.2, 0.25) is 0 Å². The first kappa shape index (κ1) is 32.6. The molecule has 2 atom stereocenters. The summed E-state index contributed by atoms with van der Waals surface area (Å²) in [4.78, 5) is 17.8. The Morgan fingerprint density at radius 2 is 1.86 bits per heavy atom. The lowest BCUT2D eigenvalue weighted by Crippen LogP contribution is -2.23. The Labute approximate surface area is 249 Å². The van der Waals surface area contributed by atoms with Crippen LogP contribution in [0.25, 0.3) is 11.1 Å². The van der Waals surface area contributed by atoms with Crippen LogP contribution in [0, 0.1) is 24.6 Å². The molecule has 2 heterocycles. The third-order valence-electron chi connectivity index (χ3n) is 7.51. The van der Waals surface area contributed by atoms with E-state index in [0.29, 0.717) is 36.6 Å². The highest BCUT2D eigenvalue weighted by Gasteiger charge is 2.26. The van der Waals surface area contributed by atoms with Crippen LogP contribution >= 0.6 is 0 Å². The van der Waals surface area contributed by atoms with E-state index in [1.807, 2.05) is 36.4 Å². The second-order valence-electron chi connectivity index (χ2n) is 10.7. The molecule has 6 nitrogen and oxygen atoms in total. The number of methoxy groups -OCH3 is 1. The van der Waals surface area contributed by atoms with Crippen molar-refractivity contribution in [2.45, 2.75) is 71.9 Å². The maximum atomic E-state index is 15.7. The number of hydrogen-bond donors (Lipinski definition) is 1. The molecule has 1 unspecified atom stereocenters. The first-order valence-electron chi connectivity index (χ1n) is 14.7. The van der Waals surface area contributed by atoms with E-state index in [1.54, 1.807) is 26.3 Å². The van der Waals surface area contributed by atoms with E-state index in [4.69, 9.17) is 9.47 Å². The van der Waals surface area contributed by atoms with Gasteiger partial charge in [-0.05, 0) is 84.4 Å². The zero-order valence-electron chi connectivity index (χ0n) is 25.2. The molecule has 1 fully saturated rings. The van der Waals surface area contributed by atoms with Gasteiger partial charge in [0, 0.05) is 24.4 Å². The maximum Gasteiger partial charge on any atom is 0.306 e. The molecule has 2 aliphatic rings. The van der Waals surface area contributed by atoms with Gasteiger partial charge in [-0.15, -0.1) is 12.8 Å². The minimum Gasteiger partial charge on any atom is -0.485 e. The lowest BCUT2D eigenvalue weighted by molar-refractivity contribution is -0.141. The van der Waals surface area contributed by atoms with E-state index in [9.17, 15) is 9.90 Å². The molecule has 3 aromatic rings. The van der Waals surface area contributed by atoms with Gasteiger partial charge >= 0.3 is 5.97 Å². The molecule has 1 aliphatic carbocycles. The lowest BCUT2D eigenvalue weighted by Gasteiger charge is -2.29. The topological polar surface area (TPSA) is 71.9 Å². The summed E-state index contributed by atoms with van der Waals surface area (Å²) in [5.41, 5.74) is 5.20. The zero-order valence-corrected chi connectivity index (χ0v) is 25.2. The summed E-state index contributed by atoms with van der Waals surface area (Å²) in [6.07, 6.45) is 15.6. The van der Waals surface area contributed by atoms with Gasteiger partial charge in [-0.3, -0.25) is 9.69 Å². The van der Waals surface area contributed by atoms with Crippen molar-refractivity contribution in [3.05, 3.63) is 76.7 Å². The Bertz CT molecular complexity index is 1350. The highest BCUT2D eigenvalue weighted by molar-refractivity contribution is 5.70. The molecule has 7 heteroatoms. The maximum absolute atomic E-state index is 15.7. The minimum absolute atomic E-state index is 0.307. The van der Waals surface area contributed by atoms with Crippen LogP contribution in [0.1, 0.15) is 74.8 Å². The quantitative estimate of drug-likeness (QED) is 0.253. The van der Waals surface area contributed by atoms with Crippen molar-refractivity contribution in [1.29, 1.82) is 0 Å². The van der Waals surface area contributed by atoms with Crippen molar-refractivity contribution < 1.29 is 23.8 Å². The molecule has 42 heavy (non-hydrogen) atoms. The van der Waals surface area contributed by atoms with Gasteiger partial charge < -0.3 is 14.6 Å². The van der Waals surface area contributed by atoms with E-state index < -0.39 is 18.0 Å². The fourth-order valence-corrected chi connectivity index (χ4v) is 4.86. The average Bonchev–Trinajstić information content (AvgIpc) is 3.91. The standard InChI is InChI=1S/C30H35FN2O4.C3H6.C2H2/c1-5-33(6-2)18-23-15-25(26(31)17-24(23)22-11-12-32-29(16-22)36-4)27-10-9-21-8-7-20(14-28(21)37-27)13-19(3)30(34)35;1-2-3-1;1-2/h7-8,11-12,14-17,19,27H,5-6,9-10,13,18H2,1-4H3,(H,34,35);1-3H2;1-2H/t19-,27?;;/m0../s1. The van der Waals surface area contributed by atoms with Crippen LogP contribution in [0.3, 0.4) is 0 Å². The molecule has 0 bridgehead atoms. The van der Waals surface area contributed by atoms with Crippen LogP contribution in [-0.4, -0.2) is 41.2 Å². The molecule has 5 rings (SSSR count). The van der Waals surface area contributed by atoms with Gasteiger partial charge in [-0.25, -0.2) is 9.37 Å². The number of ether oxygens (including phenoxy) is 2. The van der Waals surface area contributed by atoms with E-state index in [0.717, 1.165) is 47.3 Å². The molecule has 0 spiro atoms. The number of fused-ring (bicyclic) bond motifs is 1. The van der Waals surface area contributed by atoms with E-state index in [1.165, 1.54) is 19.3 Å². The molecule has 1 aromatic heterocycles. The number of nitrogens with zero attached hydrogens (tertiary/aromatic N) is 2. The van der Waals surface area contributed by atoms with Crippen LogP contribution < -0.4 is 9.47 Å². The van der Waals surface area contributed by atoms with Crippen molar-refractivity contribution in [2.75, 3.05) is 20.2 Å². The number of carbonyl (C=O) groups is 1. The van der Waals surface area contributed by atoms with Crippen LogP contribution in [-0.2, 0) is 24.2 Å². The van der Waals surface area contributed by atoms with Gasteiger partial charge in [0.15, 0.2) is 0 Å². The second kappa shape index (κ2) is 15.9. The summed E-state index contributed by atoms with van der Waals surface area (Å²) in [7, 11) is 1.57. The normalized spacial score (nSPS) is 15.6. The van der Waals surface area contributed by atoms with E-state index in [2.05, 4.69) is 36.6 Å². The van der Waals surface area contributed by atoms with Gasteiger partial charge in [0.05, 0.1) is 13.0 Å². The zero-order chi connectivity index (χ0) is 30.6. The van der Waals surface area contributed by atoms with E-state index in [-0.39, 0.29) is 5.82 Å². The predicted molar refractivity (Wildman–Crippen MR) is 165 cm³/mol. The summed E-state index contributed by atoms with van der Waals surface area (Å²) >= 11 is 0. The summed E-state index contributed by atoms with van der Waals surface area (Å²) in [5.74, 6) is -0.434. The highest BCUT2D eigenvalue weighted by Crippen LogP contribution is 2.39. The fourth-order valence-electron chi connectivity index (χ4n) is 4.86. The number of rotatable bonds is 10. The number of terminal acetylenes is 1. The molecule has 1 saturated carbocycles. The van der Waals surface area contributed by atoms with Crippen molar-refractivity contribution in [2.24, 2.45) is 5.92 Å². The number of carboxylic acids is 1. The largest absolute Gasteiger partial charge is 0.485 e. The number of benzene rings is 2. The summed E-state index contributed by atoms with van der Waals surface area (Å²) in [6, 6.07) is 13.1. The number of halogens is 1. The fraction of sp³-hybridized carbons (Fsp3) is 0.429. The third kappa shape index (κ3) is 8.80. The second-order valence-corrected chi connectivity index (χ2v) is 10.7. The molecule has 0 radical (unpaired) electrons. The molecule has 1 N–H and O–H groups in total. The summed E-state index contributed by atoms with van der Waals surface area (Å²) in [6.45, 7) is 8.37. The third-order valence-corrected chi connectivity index (χ3v) is 7.51. The molecule has 0 saturated heterocycles. The first-order chi connectivity index (χ1) is 20.3. The number of aromatic nitrogens is 1. The number of carboxylic acid groups (broad SMARTS) is 1. The Hall–Kier alpha value is -3.89. The number of pyridine rings is 1. The van der Waals surface area contributed by atoms with Crippen molar-refractivity contribution in [1.82, 2.24) is 9.88 Å². The Morgan fingerprint density at radius 3 is 2.48 bits per heavy atom. The number of aryl methyl sites for hydroxylation is 1. The summed E-state index contributed by atoms with van der Waals surface area (Å²) in [5, 5.41) is 9.27.